The summed E-state index contributed by atoms with van der Waals surface area (Å²) < 4.78 is 6.25. The van der Waals surface area contributed by atoms with Crippen molar-refractivity contribution in [3.8, 4) is 0 Å². The fraction of sp³-hybridized carbons (Fsp3) is 0.185. The molecule has 2 heterocycles. The topological polar surface area (TPSA) is 80.8 Å². The van der Waals surface area contributed by atoms with Gasteiger partial charge in [-0.3, -0.25) is 19.2 Å². The molecular formula is C27H19NO5. The molecule has 2 saturated heterocycles. The zero-order valence-electron chi connectivity index (χ0n) is 17.7. The number of amides is 2. The number of anilines is 1. The van der Waals surface area contributed by atoms with Gasteiger partial charge in [0.25, 0.3) is 0 Å². The number of ketones is 2. The molecule has 3 aromatic carbocycles. The summed E-state index contributed by atoms with van der Waals surface area (Å²) in [4.78, 5) is 55.9. The molecule has 1 aliphatic carbocycles. The molecule has 6 rings (SSSR count). The molecule has 1 spiro atoms. The second kappa shape index (κ2) is 6.80. The van der Waals surface area contributed by atoms with Gasteiger partial charge < -0.3 is 4.74 Å². The number of Topliss-reactive ketones (excluding diaryl/α,β-unsaturated/α-hetero) is 2. The first kappa shape index (κ1) is 19.8. The van der Waals surface area contributed by atoms with Crippen LogP contribution in [0.3, 0.4) is 0 Å². The predicted octanol–water partition coefficient (Wildman–Crippen LogP) is 3.69. The minimum atomic E-state index is -2.04. The monoisotopic (exact) mass is 437 g/mol. The molecule has 3 aliphatic rings. The fourth-order valence-electron chi connectivity index (χ4n) is 5.41. The minimum absolute atomic E-state index is 0.226. The second-order valence-electron chi connectivity index (χ2n) is 8.74. The summed E-state index contributed by atoms with van der Waals surface area (Å²) in [5.74, 6) is -4.36. The van der Waals surface area contributed by atoms with Crippen molar-refractivity contribution in [1.82, 2.24) is 0 Å². The maximum Gasteiger partial charge on any atom is 0.241 e. The Hall–Kier alpha value is -3.90. The first-order valence-electron chi connectivity index (χ1n) is 10.8. The summed E-state index contributed by atoms with van der Waals surface area (Å²) in [7, 11) is 0. The summed E-state index contributed by atoms with van der Waals surface area (Å²) in [6, 6.07) is 22.5. The van der Waals surface area contributed by atoms with Gasteiger partial charge in [0.2, 0.25) is 29.0 Å². The molecule has 2 amide bonds. The maximum atomic E-state index is 13.8. The van der Waals surface area contributed by atoms with Crippen LogP contribution in [0.2, 0.25) is 0 Å². The second-order valence-corrected chi connectivity index (χ2v) is 8.74. The molecule has 6 heteroatoms. The van der Waals surface area contributed by atoms with Crippen molar-refractivity contribution in [2.75, 3.05) is 4.90 Å². The van der Waals surface area contributed by atoms with Gasteiger partial charge in [-0.2, -0.15) is 0 Å². The van der Waals surface area contributed by atoms with E-state index in [0.29, 0.717) is 11.3 Å². The first-order chi connectivity index (χ1) is 15.9. The van der Waals surface area contributed by atoms with Crippen LogP contribution in [0.4, 0.5) is 5.69 Å². The molecular weight excluding hydrogens is 418 g/mol. The molecule has 162 valence electrons. The van der Waals surface area contributed by atoms with Gasteiger partial charge >= 0.3 is 0 Å². The average Bonchev–Trinajstić information content (AvgIpc) is 3.41. The summed E-state index contributed by atoms with van der Waals surface area (Å²) in [6.07, 6.45) is -0.898. The van der Waals surface area contributed by atoms with Gasteiger partial charge in [0.05, 0.1) is 23.6 Å². The van der Waals surface area contributed by atoms with Crippen LogP contribution >= 0.6 is 0 Å². The number of rotatable bonds is 2. The summed E-state index contributed by atoms with van der Waals surface area (Å²) in [6.45, 7) is 1.91. The number of benzene rings is 3. The van der Waals surface area contributed by atoms with Crippen LogP contribution in [0.15, 0.2) is 78.9 Å². The third kappa shape index (κ3) is 2.47. The molecule has 0 aromatic heterocycles. The van der Waals surface area contributed by atoms with E-state index in [2.05, 4.69) is 0 Å². The van der Waals surface area contributed by atoms with Crippen LogP contribution < -0.4 is 4.90 Å². The van der Waals surface area contributed by atoms with Crippen molar-refractivity contribution in [3.05, 3.63) is 101 Å². The van der Waals surface area contributed by atoms with Gasteiger partial charge in [0, 0.05) is 11.1 Å². The van der Waals surface area contributed by atoms with E-state index in [4.69, 9.17) is 4.74 Å². The van der Waals surface area contributed by atoms with Crippen LogP contribution in [0, 0.1) is 18.8 Å². The zero-order valence-corrected chi connectivity index (χ0v) is 17.7. The fourth-order valence-corrected chi connectivity index (χ4v) is 5.41. The highest BCUT2D eigenvalue weighted by Gasteiger charge is 2.74. The van der Waals surface area contributed by atoms with Crippen molar-refractivity contribution in [2.24, 2.45) is 11.8 Å². The number of nitrogens with zero attached hydrogens (tertiary/aromatic N) is 1. The Morgan fingerprint density at radius 3 is 1.91 bits per heavy atom. The lowest BCUT2D eigenvalue weighted by Crippen LogP contribution is -2.51. The lowest BCUT2D eigenvalue weighted by molar-refractivity contribution is -0.127. The number of hydrogen-bond donors (Lipinski definition) is 0. The Morgan fingerprint density at radius 2 is 1.30 bits per heavy atom. The van der Waals surface area contributed by atoms with Gasteiger partial charge in [-0.05, 0) is 24.6 Å². The highest BCUT2D eigenvalue weighted by atomic mass is 16.5. The lowest BCUT2D eigenvalue weighted by Gasteiger charge is -2.27. The molecule has 2 fully saturated rings. The number of carbonyl (C=O) groups excluding carboxylic acids is 4. The number of carbonyl (C=O) groups is 4. The quantitative estimate of drug-likeness (QED) is 0.451. The molecule has 6 nitrogen and oxygen atoms in total. The van der Waals surface area contributed by atoms with Gasteiger partial charge in [0.15, 0.2) is 0 Å². The van der Waals surface area contributed by atoms with Crippen molar-refractivity contribution < 1.29 is 23.9 Å². The molecule has 0 bridgehead atoms. The zero-order chi connectivity index (χ0) is 22.9. The number of fused-ring (bicyclic) bond motifs is 3. The molecule has 0 N–H and O–H groups in total. The summed E-state index contributed by atoms with van der Waals surface area (Å²) >= 11 is 0. The third-order valence-electron chi connectivity index (χ3n) is 6.94. The SMILES string of the molecule is Cc1ccc(N2C(=O)C3C(c4ccccc4)OC4(C(=O)c5ccccc5C4=O)C3C2=O)cc1. The summed E-state index contributed by atoms with van der Waals surface area (Å²) in [5, 5.41) is 0. The van der Waals surface area contributed by atoms with Crippen LogP contribution in [-0.4, -0.2) is 29.0 Å². The number of aryl methyl sites for hydroxylation is 1. The molecule has 3 aromatic rings. The standard InChI is InChI=1S/C27H19NO5/c1-15-11-13-17(14-12-15)28-25(31)20-21(26(28)32)27(33-22(20)16-7-3-2-4-8-16)23(29)18-9-5-6-10-19(18)24(27)30/h2-14,20-22H,1H3. The van der Waals surface area contributed by atoms with Gasteiger partial charge in [-0.15, -0.1) is 0 Å². The molecule has 33 heavy (non-hydrogen) atoms. The van der Waals surface area contributed by atoms with Crippen molar-refractivity contribution >= 4 is 29.1 Å². The van der Waals surface area contributed by atoms with Crippen LogP contribution in [0.25, 0.3) is 0 Å². The molecule has 0 saturated carbocycles. The predicted molar refractivity (Wildman–Crippen MR) is 119 cm³/mol. The van der Waals surface area contributed by atoms with E-state index in [1.54, 1.807) is 60.7 Å². The Kier molecular flexibility index (Phi) is 4.07. The Morgan fingerprint density at radius 1 is 0.727 bits per heavy atom. The van der Waals surface area contributed by atoms with Crippen LogP contribution in [0.1, 0.15) is 37.9 Å². The highest BCUT2D eigenvalue weighted by molar-refractivity contribution is 6.37. The van der Waals surface area contributed by atoms with Gasteiger partial charge in [-0.25, -0.2) is 4.90 Å². The Balaban J connectivity index is 1.55. The van der Waals surface area contributed by atoms with Gasteiger partial charge in [-0.1, -0.05) is 72.3 Å². The molecule has 3 atom stereocenters. The van der Waals surface area contributed by atoms with E-state index < -0.39 is 46.9 Å². The van der Waals surface area contributed by atoms with E-state index in [1.807, 2.05) is 25.1 Å². The number of hydrogen-bond acceptors (Lipinski definition) is 5. The van der Waals surface area contributed by atoms with E-state index >= 15 is 0 Å². The van der Waals surface area contributed by atoms with Crippen LogP contribution in [-0.2, 0) is 14.3 Å². The summed E-state index contributed by atoms with van der Waals surface area (Å²) in [5.41, 5.74) is 0.459. The maximum absolute atomic E-state index is 13.8. The number of imide groups is 1. The van der Waals surface area contributed by atoms with Crippen LogP contribution in [0.5, 0.6) is 0 Å². The van der Waals surface area contributed by atoms with E-state index in [-0.39, 0.29) is 11.1 Å². The molecule has 0 radical (unpaired) electrons. The minimum Gasteiger partial charge on any atom is -0.349 e. The van der Waals surface area contributed by atoms with E-state index in [0.717, 1.165) is 10.5 Å². The normalized spacial score (nSPS) is 25.1. The van der Waals surface area contributed by atoms with Crippen molar-refractivity contribution in [1.29, 1.82) is 0 Å². The van der Waals surface area contributed by atoms with Gasteiger partial charge in [0.1, 0.15) is 0 Å². The largest absolute Gasteiger partial charge is 0.349 e. The Bertz CT molecular complexity index is 1310. The molecule has 3 unspecified atom stereocenters. The first-order valence-corrected chi connectivity index (χ1v) is 10.8. The third-order valence-corrected chi connectivity index (χ3v) is 6.94. The van der Waals surface area contributed by atoms with E-state index in [1.165, 1.54) is 0 Å². The van der Waals surface area contributed by atoms with Crippen molar-refractivity contribution in [2.45, 2.75) is 18.6 Å². The smallest absolute Gasteiger partial charge is 0.241 e. The lowest BCUT2D eigenvalue weighted by atomic mass is 9.77. The number of ether oxygens (including phenoxy) is 1. The average molecular weight is 437 g/mol. The molecule has 2 aliphatic heterocycles. The van der Waals surface area contributed by atoms with E-state index in [9.17, 15) is 19.2 Å². The highest BCUT2D eigenvalue weighted by Crippen LogP contribution is 2.57. The Labute approximate surface area is 189 Å². The van der Waals surface area contributed by atoms with Crippen molar-refractivity contribution in [3.63, 3.8) is 0 Å².